The number of hydrogen-bond donors (Lipinski definition) is 2. The highest BCUT2D eigenvalue weighted by Gasteiger charge is 2.28. The van der Waals surface area contributed by atoms with E-state index < -0.39 is 9.84 Å². The van der Waals surface area contributed by atoms with Gasteiger partial charge < -0.3 is 15.4 Å². The van der Waals surface area contributed by atoms with Crippen LogP contribution >= 0.6 is 24.0 Å². The fraction of sp³-hybridized carbons (Fsp3) is 0.632. The molecule has 28 heavy (non-hydrogen) atoms. The molecule has 7 nitrogen and oxygen atoms in total. The number of guanidine groups is 1. The Morgan fingerprint density at radius 2 is 2.00 bits per heavy atom. The van der Waals surface area contributed by atoms with Crippen molar-refractivity contribution in [2.45, 2.75) is 37.2 Å². The van der Waals surface area contributed by atoms with E-state index >= 15 is 0 Å². The number of hydrogen-bond acceptors (Lipinski definition) is 5. The number of nitrogens with one attached hydrogen (secondary N) is 2. The lowest BCUT2D eigenvalue weighted by Crippen LogP contribution is -2.42. The van der Waals surface area contributed by atoms with E-state index in [0.717, 1.165) is 43.3 Å². The van der Waals surface area contributed by atoms with Crippen molar-refractivity contribution < 1.29 is 13.2 Å². The van der Waals surface area contributed by atoms with E-state index in [1.165, 1.54) is 19.1 Å². The van der Waals surface area contributed by atoms with Gasteiger partial charge >= 0.3 is 0 Å². The number of benzene rings is 1. The van der Waals surface area contributed by atoms with Crippen LogP contribution in [0.25, 0.3) is 0 Å². The van der Waals surface area contributed by atoms with Crippen LogP contribution in [0.3, 0.4) is 0 Å². The van der Waals surface area contributed by atoms with Crippen molar-refractivity contribution in [1.82, 2.24) is 15.5 Å². The Labute approximate surface area is 186 Å². The van der Waals surface area contributed by atoms with Gasteiger partial charge in [0.2, 0.25) is 0 Å². The van der Waals surface area contributed by atoms with Gasteiger partial charge in [0.1, 0.15) is 0 Å². The summed E-state index contributed by atoms with van der Waals surface area (Å²) in [5, 5.41) is 6.62. The summed E-state index contributed by atoms with van der Waals surface area (Å²) in [6.07, 6.45) is 3.79. The zero-order chi connectivity index (χ0) is 19.9. The van der Waals surface area contributed by atoms with Crippen LogP contribution in [0.1, 0.15) is 24.0 Å². The van der Waals surface area contributed by atoms with Gasteiger partial charge in [-0.2, -0.15) is 0 Å². The summed E-state index contributed by atoms with van der Waals surface area (Å²) in [4.78, 5) is 7.09. The minimum Gasteiger partial charge on any atom is -0.383 e. The summed E-state index contributed by atoms with van der Waals surface area (Å²) in [6.45, 7) is 5.88. The average molecular weight is 524 g/mol. The number of rotatable bonds is 10. The van der Waals surface area contributed by atoms with Crippen molar-refractivity contribution in [2.24, 2.45) is 4.99 Å². The quantitative estimate of drug-likeness (QED) is 0.276. The van der Waals surface area contributed by atoms with Crippen molar-refractivity contribution in [3.63, 3.8) is 0 Å². The zero-order valence-electron chi connectivity index (χ0n) is 17.2. The largest absolute Gasteiger partial charge is 0.383 e. The van der Waals surface area contributed by atoms with E-state index in [1.807, 2.05) is 19.1 Å². The predicted octanol–water partition coefficient (Wildman–Crippen LogP) is 1.79. The number of sulfone groups is 1. The third-order valence-corrected chi connectivity index (χ3v) is 5.92. The van der Waals surface area contributed by atoms with Gasteiger partial charge in [0.15, 0.2) is 15.8 Å². The molecular weight excluding hydrogens is 491 g/mol. The van der Waals surface area contributed by atoms with Gasteiger partial charge in [-0.05, 0) is 37.0 Å². The lowest BCUT2D eigenvalue weighted by Gasteiger charge is -2.22. The van der Waals surface area contributed by atoms with E-state index in [1.54, 1.807) is 20.2 Å². The fourth-order valence-electron chi connectivity index (χ4n) is 3.09. The summed E-state index contributed by atoms with van der Waals surface area (Å²) in [5.74, 6) is 0.738. The van der Waals surface area contributed by atoms with E-state index in [-0.39, 0.29) is 24.0 Å². The Kier molecular flexibility index (Phi) is 10.7. The van der Waals surface area contributed by atoms with Gasteiger partial charge in [-0.15, -0.1) is 24.0 Å². The third-order valence-electron chi connectivity index (χ3n) is 4.66. The summed E-state index contributed by atoms with van der Waals surface area (Å²) < 4.78 is 28.6. The molecule has 1 fully saturated rings. The standard InChI is InChI=1S/C19H32N4O3S.HI/c1-15-13-16(5-8-18(15)27(4,24)25)14-22-19(20-2)21-9-10-23(11-12-26-3)17-6-7-17;/h5,8,13,17H,6-7,9-12,14H2,1-4H3,(H2,20,21,22);1H. The van der Waals surface area contributed by atoms with Crippen LogP contribution in [-0.4, -0.2) is 72.0 Å². The molecule has 1 aliphatic rings. The molecule has 1 saturated carbocycles. The molecule has 1 aromatic carbocycles. The van der Waals surface area contributed by atoms with Gasteiger partial charge in [0.05, 0.1) is 11.5 Å². The number of ether oxygens (including phenoxy) is 1. The molecule has 160 valence electrons. The molecule has 0 unspecified atom stereocenters. The van der Waals surface area contributed by atoms with E-state index in [2.05, 4.69) is 20.5 Å². The van der Waals surface area contributed by atoms with E-state index in [0.29, 0.717) is 17.5 Å². The molecule has 1 aliphatic carbocycles. The number of halogens is 1. The lowest BCUT2D eigenvalue weighted by molar-refractivity contribution is 0.144. The second-order valence-electron chi connectivity index (χ2n) is 6.98. The minimum atomic E-state index is -3.19. The maximum absolute atomic E-state index is 11.7. The van der Waals surface area contributed by atoms with Crippen molar-refractivity contribution in [3.8, 4) is 0 Å². The van der Waals surface area contributed by atoms with Crippen LogP contribution < -0.4 is 10.6 Å². The first-order chi connectivity index (χ1) is 12.8. The number of aryl methyl sites for hydroxylation is 1. The minimum absolute atomic E-state index is 0. The van der Waals surface area contributed by atoms with Crippen molar-refractivity contribution in [1.29, 1.82) is 0 Å². The van der Waals surface area contributed by atoms with Crippen LogP contribution in [0, 0.1) is 6.92 Å². The van der Waals surface area contributed by atoms with Crippen molar-refractivity contribution in [3.05, 3.63) is 29.3 Å². The normalized spacial score (nSPS) is 14.7. The van der Waals surface area contributed by atoms with Gasteiger partial charge in [-0.25, -0.2) is 8.42 Å². The first-order valence-electron chi connectivity index (χ1n) is 9.32. The molecule has 0 bridgehead atoms. The van der Waals surface area contributed by atoms with Crippen LogP contribution in [0.2, 0.25) is 0 Å². The number of nitrogens with zero attached hydrogens (tertiary/aromatic N) is 2. The van der Waals surface area contributed by atoms with Crippen LogP contribution in [0.15, 0.2) is 28.1 Å². The topological polar surface area (TPSA) is 83.0 Å². The maximum atomic E-state index is 11.7. The molecule has 1 aromatic rings. The van der Waals surface area contributed by atoms with Crippen molar-refractivity contribution >= 4 is 39.8 Å². The summed E-state index contributed by atoms with van der Waals surface area (Å²) >= 11 is 0. The Hall–Kier alpha value is -0.910. The molecule has 0 heterocycles. The summed E-state index contributed by atoms with van der Waals surface area (Å²) in [7, 11) is 0.297. The molecular formula is C19H33IN4O3S. The first kappa shape index (κ1) is 25.1. The molecule has 9 heteroatoms. The molecule has 0 aliphatic heterocycles. The highest BCUT2D eigenvalue weighted by molar-refractivity contribution is 14.0. The SMILES string of the molecule is CN=C(NCCN(CCOC)C1CC1)NCc1ccc(S(C)(=O)=O)c(C)c1.I. The highest BCUT2D eigenvalue weighted by atomic mass is 127. The van der Waals surface area contributed by atoms with Crippen LogP contribution in [0.5, 0.6) is 0 Å². The molecule has 0 spiro atoms. The van der Waals surface area contributed by atoms with Crippen molar-refractivity contribution in [2.75, 3.05) is 46.7 Å². The van der Waals surface area contributed by atoms with Gasteiger partial charge in [0, 0.05) is 52.6 Å². The first-order valence-corrected chi connectivity index (χ1v) is 11.2. The number of aliphatic imine (C=N–C) groups is 1. The Balaban J connectivity index is 0.00000392. The molecule has 2 rings (SSSR count). The second-order valence-corrected chi connectivity index (χ2v) is 8.97. The van der Waals surface area contributed by atoms with Gasteiger partial charge in [-0.3, -0.25) is 9.89 Å². The highest BCUT2D eigenvalue weighted by Crippen LogP contribution is 2.25. The summed E-state index contributed by atoms with van der Waals surface area (Å²) in [6, 6.07) is 6.11. The average Bonchev–Trinajstić information content (AvgIpc) is 3.44. The Morgan fingerprint density at radius 3 is 2.54 bits per heavy atom. The monoisotopic (exact) mass is 524 g/mol. The molecule has 0 saturated heterocycles. The lowest BCUT2D eigenvalue weighted by atomic mass is 10.1. The van der Waals surface area contributed by atoms with E-state index in [9.17, 15) is 8.42 Å². The third kappa shape index (κ3) is 8.22. The fourth-order valence-corrected chi connectivity index (χ4v) is 4.05. The predicted molar refractivity (Wildman–Crippen MR) is 124 cm³/mol. The molecule has 0 radical (unpaired) electrons. The van der Waals surface area contributed by atoms with Gasteiger partial charge in [0.25, 0.3) is 0 Å². The zero-order valence-corrected chi connectivity index (χ0v) is 20.3. The molecule has 0 aromatic heterocycles. The molecule has 0 atom stereocenters. The molecule has 2 N–H and O–H groups in total. The molecule has 0 amide bonds. The van der Waals surface area contributed by atoms with E-state index in [4.69, 9.17) is 4.74 Å². The Bertz CT molecular complexity index is 752. The van der Waals surface area contributed by atoms with Gasteiger partial charge in [-0.1, -0.05) is 12.1 Å². The van der Waals surface area contributed by atoms with Crippen LogP contribution in [-0.2, 0) is 21.1 Å². The van der Waals surface area contributed by atoms with Crippen LogP contribution in [0.4, 0.5) is 0 Å². The smallest absolute Gasteiger partial charge is 0.191 e. The Morgan fingerprint density at radius 1 is 1.29 bits per heavy atom. The second kappa shape index (κ2) is 11.9. The number of methoxy groups -OCH3 is 1. The maximum Gasteiger partial charge on any atom is 0.191 e. The summed E-state index contributed by atoms with van der Waals surface area (Å²) in [5.41, 5.74) is 1.78.